The molecule has 2 N–H and O–H groups in total. The van der Waals surface area contributed by atoms with E-state index < -0.39 is 5.69 Å². The van der Waals surface area contributed by atoms with Crippen molar-refractivity contribution in [1.82, 2.24) is 19.5 Å². The number of fused-ring (bicyclic) bond motifs is 1. The van der Waals surface area contributed by atoms with Gasteiger partial charge < -0.3 is 15.2 Å². The van der Waals surface area contributed by atoms with Crippen LogP contribution in [0.5, 0.6) is 5.88 Å². The largest absolute Gasteiger partial charge is 0.479 e. The lowest BCUT2D eigenvalue weighted by atomic mass is 10.1. The number of pyridine rings is 2. The van der Waals surface area contributed by atoms with Crippen molar-refractivity contribution in [2.24, 2.45) is 0 Å². The molecule has 4 rings (SSSR count). The van der Waals surface area contributed by atoms with Crippen LogP contribution in [0.25, 0.3) is 16.7 Å². The smallest absolute Gasteiger partial charge is 0.356 e. The molecule has 3 aromatic heterocycles. The fraction of sp³-hybridized carbons (Fsp3) is 0.333. The second-order valence-corrected chi connectivity index (χ2v) is 6.11. The minimum absolute atomic E-state index is 0.0816. The lowest BCUT2D eigenvalue weighted by Gasteiger charge is -2.22. The number of aromatic nitrogens is 4. The van der Waals surface area contributed by atoms with Crippen LogP contribution < -0.4 is 16.2 Å². The van der Waals surface area contributed by atoms with Gasteiger partial charge in [0, 0.05) is 12.8 Å². The normalized spacial score (nSPS) is 17.3. The van der Waals surface area contributed by atoms with Crippen LogP contribution in [0.3, 0.4) is 0 Å². The third-order valence-electron chi connectivity index (χ3n) is 4.49. The molecule has 0 saturated carbocycles. The summed E-state index contributed by atoms with van der Waals surface area (Å²) in [5, 5.41) is 0.593. The average Bonchev–Trinajstić information content (AvgIpc) is 2.68. The first-order valence-electron chi connectivity index (χ1n) is 8.49. The van der Waals surface area contributed by atoms with Crippen LogP contribution in [-0.2, 0) is 4.74 Å². The van der Waals surface area contributed by atoms with Crippen molar-refractivity contribution in [3.05, 3.63) is 46.6 Å². The van der Waals surface area contributed by atoms with E-state index in [0.29, 0.717) is 29.2 Å². The second-order valence-electron chi connectivity index (χ2n) is 6.11. The van der Waals surface area contributed by atoms with Crippen molar-refractivity contribution in [2.75, 3.05) is 19.5 Å². The van der Waals surface area contributed by atoms with E-state index in [1.807, 2.05) is 12.1 Å². The first-order valence-corrected chi connectivity index (χ1v) is 8.49. The number of ether oxygens (including phenoxy) is 2. The summed E-state index contributed by atoms with van der Waals surface area (Å²) in [6.07, 6.45) is 4.56. The zero-order valence-corrected chi connectivity index (χ0v) is 14.4. The predicted molar refractivity (Wildman–Crippen MR) is 96.4 cm³/mol. The van der Waals surface area contributed by atoms with E-state index in [1.165, 1.54) is 11.7 Å². The maximum Gasteiger partial charge on any atom is 0.356 e. The number of methoxy groups -OCH3 is 1. The zero-order chi connectivity index (χ0) is 18.1. The zero-order valence-electron chi connectivity index (χ0n) is 14.4. The summed E-state index contributed by atoms with van der Waals surface area (Å²) in [4.78, 5) is 25.4. The van der Waals surface area contributed by atoms with Gasteiger partial charge in [-0.2, -0.15) is 4.98 Å². The average molecular weight is 353 g/mol. The maximum atomic E-state index is 12.6. The van der Waals surface area contributed by atoms with Gasteiger partial charge in [-0.25, -0.2) is 19.3 Å². The number of anilines is 1. The quantitative estimate of drug-likeness (QED) is 0.768. The molecule has 1 saturated heterocycles. The van der Waals surface area contributed by atoms with E-state index in [0.717, 1.165) is 25.0 Å². The molecule has 0 bridgehead atoms. The molecule has 0 spiro atoms. The monoisotopic (exact) mass is 353 g/mol. The number of nitrogens with two attached hydrogens (primary N) is 1. The highest BCUT2D eigenvalue weighted by molar-refractivity contribution is 5.86. The number of hydrogen-bond acceptors (Lipinski definition) is 7. The van der Waals surface area contributed by atoms with Crippen molar-refractivity contribution in [3.8, 4) is 11.6 Å². The van der Waals surface area contributed by atoms with Crippen LogP contribution >= 0.6 is 0 Å². The Morgan fingerprint density at radius 1 is 1.27 bits per heavy atom. The Hall–Kier alpha value is -3.00. The van der Waals surface area contributed by atoms with E-state index in [2.05, 4.69) is 9.97 Å². The highest BCUT2D eigenvalue weighted by Crippen LogP contribution is 2.29. The topological polar surface area (TPSA) is 105 Å². The van der Waals surface area contributed by atoms with Gasteiger partial charge in [0.2, 0.25) is 5.88 Å². The number of nitrogens with zero attached hydrogens (tertiary/aromatic N) is 4. The molecule has 26 heavy (non-hydrogen) atoms. The van der Waals surface area contributed by atoms with Gasteiger partial charge in [0.05, 0.1) is 24.3 Å². The third-order valence-corrected chi connectivity index (χ3v) is 4.49. The van der Waals surface area contributed by atoms with Gasteiger partial charge in [-0.3, -0.25) is 0 Å². The molecule has 0 radical (unpaired) electrons. The Balaban J connectivity index is 1.97. The van der Waals surface area contributed by atoms with E-state index in [9.17, 15) is 4.79 Å². The Morgan fingerprint density at radius 2 is 2.15 bits per heavy atom. The molecule has 1 atom stereocenters. The van der Waals surface area contributed by atoms with Crippen LogP contribution in [0, 0.1) is 0 Å². The lowest BCUT2D eigenvalue weighted by molar-refractivity contribution is 0.0125. The molecule has 8 nitrogen and oxygen atoms in total. The molecule has 4 heterocycles. The predicted octanol–water partition coefficient (Wildman–Crippen LogP) is 2.01. The van der Waals surface area contributed by atoms with Crippen molar-refractivity contribution >= 4 is 16.9 Å². The van der Waals surface area contributed by atoms with Crippen molar-refractivity contribution < 1.29 is 9.47 Å². The molecule has 1 aliphatic heterocycles. The molecule has 1 unspecified atom stereocenters. The van der Waals surface area contributed by atoms with Crippen molar-refractivity contribution in [2.45, 2.75) is 25.4 Å². The van der Waals surface area contributed by atoms with Crippen molar-refractivity contribution in [1.29, 1.82) is 0 Å². The SMILES string of the molecule is COc1ncccc1-n1c(=O)nc(N)c2ccc(C3CCCCO3)nc21. The number of hydrogen-bond donors (Lipinski definition) is 1. The third kappa shape index (κ3) is 2.78. The molecule has 1 aliphatic rings. The molecular formula is C18H19N5O3. The van der Waals surface area contributed by atoms with Gasteiger partial charge >= 0.3 is 5.69 Å². The van der Waals surface area contributed by atoms with E-state index >= 15 is 0 Å². The van der Waals surface area contributed by atoms with Crippen LogP contribution in [0.2, 0.25) is 0 Å². The second kappa shape index (κ2) is 6.72. The summed E-state index contributed by atoms with van der Waals surface area (Å²) in [6, 6.07) is 7.17. The molecular weight excluding hydrogens is 334 g/mol. The lowest BCUT2D eigenvalue weighted by Crippen LogP contribution is -2.25. The summed E-state index contributed by atoms with van der Waals surface area (Å²) in [6.45, 7) is 0.714. The Morgan fingerprint density at radius 3 is 2.92 bits per heavy atom. The molecule has 8 heteroatoms. The fourth-order valence-electron chi connectivity index (χ4n) is 3.22. The summed E-state index contributed by atoms with van der Waals surface area (Å²) in [5.74, 6) is 0.455. The van der Waals surface area contributed by atoms with Gasteiger partial charge in [0.1, 0.15) is 11.5 Å². The molecule has 1 fully saturated rings. The van der Waals surface area contributed by atoms with E-state index in [1.54, 1.807) is 18.3 Å². The first-order chi connectivity index (χ1) is 12.7. The van der Waals surface area contributed by atoms with Gasteiger partial charge in [-0.05, 0) is 43.5 Å². The van der Waals surface area contributed by atoms with Crippen LogP contribution in [0.4, 0.5) is 5.82 Å². The van der Waals surface area contributed by atoms with Crippen LogP contribution in [-0.4, -0.2) is 33.2 Å². The Kier molecular flexibility index (Phi) is 4.26. The summed E-state index contributed by atoms with van der Waals surface area (Å²) < 4.78 is 12.5. The molecule has 0 aromatic carbocycles. The van der Waals surface area contributed by atoms with Crippen molar-refractivity contribution in [3.63, 3.8) is 0 Å². The maximum absolute atomic E-state index is 12.6. The molecule has 3 aromatic rings. The number of nitrogen functional groups attached to an aromatic ring is 1. The fourth-order valence-corrected chi connectivity index (χ4v) is 3.22. The summed E-state index contributed by atoms with van der Waals surface area (Å²) in [5.41, 5.74) is 7.09. The van der Waals surface area contributed by atoms with E-state index in [4.69, 9.17) is 20.2 Å². The summed E-state index contributed by atoms with van der Waals surface area (Å²) >= 11 is 0. The molecule has 0 amide bonds. The molecule has 134 valence electrons. The minimum Gasteiger partial charge on any atom is -0.479 e. The van der Waals surface area contributed by atoms with Gasteiger partial charge in [-0.15, -0.1) is 0 Å². The van der Waals surface area contributed by atoms with E-state index in [-0.39, 0.29) is 11.9 Å². The van der Waals surface area contributed by atoms with Crippen LogP contribution in [0.1, 0.15) is 31.1 Å². The highest BCUT2D eigenvalue weighted by Gasteiger charge is 2.21. The minimum atomic E-state index is -0.532. The van der Waals surface area contributed by atoms with Gasteiger partial charge in [0.15, 0.2) is 5.65 Å². The number of rotatable bonds is 3. The highest BCUT2D eigenvalue weighted by atomic mass is 16.5. The molecule has 0 aliphatic carbocycles. The Labute approximate surface area is 149 Å². The van der Waals surface area contributed by atoms with Gasteiger partial charge in [0.25, 0.3) is 0 Å². The Bertz CT molecular complexity index is 1010. The van der Waals surface area contributed by atoms with Crippen LogP contribution in [0.15, 0.2) is 35.3 Å². The standard InChI is InChI=1S/C18H19N5O3/c1-25-17-13(5-4-9-20-17)23-16-11(15(19)22-18(23)24)7-8-12(21-16)14-6-2-3-10-26-14/h4-5,7-9,14H,2-3,6,10H2,1H3,(H2,19,22,24). The van der Waals surface area contributed by atoms with Gasteiger partial charge in [-0.1, -0.05) is 0 Å². The summed E-state index contributed by atoms with van der Waals surface area (Å²) in [7, 11) is 1.50. The first kappa shape index (κ1) is 16.5.